The van der Waals surface area contributed by atoms with Gasteiger partial charge in [0.15, 0.2) is 0 Å². The molecule has 0 saturated carbocycles. The average molecular weight is 194 g/mol. The second-order valence-corrected chi connectivity index (χ2v) is 4.02. The summed E-state index contributed by atoms with van der Waals surface area (Å²) in [7, 11) is 0. The molecule has 1 atom stereocenters. The molecule has 1 rings (SSSR count). The number of hydrogen-bond acceptors (Lipinski definition) is 1. The molecule has 0 spiro atoms. The van der Waals surface area contributed by atoms with Gasteiger partial charge in [0.2, 0.25) is 0 Å². The van der Waals surface area contributed by atoms with Crippen LogP contribution in [0.4, 0.5) is 0 Å². The average Bonchev–Trinajstić information content (AvgIpc) is 2.71. The van der Waals surface area contributed by atoms with E-state index in [0.29, 0.717) is 0 Å². The Hall–Kier alpha value is -0.790. The van der Waals surface area contributed by atoms with Crippen molar-refractivity contribution in [2.24, 2.45) is 5.92 Å². The highest BCUT2D eigenvalue weighted by atomic mass is 14.9. The molecule has 1 heterocycles. The minimum Gasteiger partial charge on any atom is -0.351 e. The number of hydrogen-bond donors (Lipinski definition) is 1. The number of unbranched alkanes of at least 4 members (excludes halogenated alkanes) is 1. The summed E-state index contributed by atoms with van der Waals surface area (Å²) < 4.78 is 0. The zero-order chi connectivity index (χ0) is 10.2. The van der Waals surface area contributed by atoms with Gasteiger partial charge in [-0.25, -0.2) is 4.98 Å². The van der Waals surface area contributed by atoms with E-state index in [9.17, 15) is 0 Å². The van der Waals surface area contributed by atoms with Crippen molar-refractivity contribution < 1.29 is 0 Å². The summed E-state index contributed by atoms with van der Waals surface area (Å²) in [5.41, 5.74) is 1.21. The SMILES string of the molecule is CCCCC(CC)CCc1c[nH]cn1. The maximum atomic E-state index is 4.25. The van der Waals surface area contributed by atoms with Crippen molar-refractivity contribution in [3.63, 3.8) is 0 Å². The third-order valence-corrected chi connectivity index (χ3v) is 2.91. The minimum absolute atomic E-state index is 0.895. The molecule has 0 aliphatic carbocycles. The number of imidazole rings is 1. The van der Waals surface area contributed by atoms with Crippen LogP contribution >= 0.6 is 0 Å². The molecule has 2 nitrogen and oxygen atoms in total. The van der Waals surface area contributed by atoms with Gasteiger partial charge in [-0.05, 0) is 18.8 Å². The Morgan fingerprint density at radius 1 is 1.36 bits per heavy atom. The summed E-state index contributed by atoms with van der Waals surface area (Å²) in [4.78, 5) is 7.25. The molecule has 2 heteroatoms. The van der Waals surface area contributed by atoms with E-state index < -0.39 is 0 Å². The van der Waals surface area contributed by atoms with E-state index in [1.54, 1.807) is 6.33 Å². The molecule has 0 bridgehead atoms. The van der Waals surface area contributed by atoms with Crippen molar-refractivity contribution in [1.82, 2.24) is 9.97 Å². The van der Waals surface area contributed by atoms with Crippen molar-refractivity contribution in [2.75, 3.05) is 0 Å². The van der Waals surface area contributed by atoms with E-state index in [-0.39, 0.29) is 0 Å². The fourth-order valence-corrected chi connectivity index (χ4v) is 1.83. The summed E-state index contributed by atoms with van der Waals surface area (Å²) >= 11 is 0. The molecular formula is C12H22N2. The Bertz CT molecular complexity index is 216. The predicted molar refractivity (Wildman–Crippen MR) is 60.2 cm³/mol. The van der Waals surface area contributed by atoms with Crippen LogP contribution in [0, 0.1) is 5.92 Å². The Labute approximate surface area is 87.1 Å². The zero-order valence-corrected chi connectivity index (χ0v) is 9.42. The molecule has 0 radical (unpaired) electrons. The number of nitrogens with zero attached hydrogens (tertiary/aromatic N) is 1. The maximum absolute atomic E-state index is 4.25. The molecular weight excluding hydrogens is 172 g/mol. The summed E-state index contributed by atoms with van der Waals surface area (Å²) in [5.74, 6) is 0.895. The first-order valence-corrected chi connectivity index (χ1v) is 5.84. The molecule has 14 heavy (non-hydrogen) atoms. The molecule has 1 aromatic rings. The standard InChI is InChI=1S/C12H22N2/c1-3-5-6-11(4-2)7-8-12-9-13-10-14-12/h9-11H,3-8H2,1-2H3,(H,13,14). The highest BCUT2D eigenvalue weighted by Crippen LogP contribution is 2.18. The fraction of sp³-hybridized carbons (Fsp3) is 0.750. The molecule has 1 unspecified atom stereocenters. The summed E-state index contributed by atoms with van der Waals surface area (Å²) in [5, 5.41) is 0. The Balaban J connectivity index is 2.20. The van der Waals surface area contributed by atoms with Gasteiger partial charge in [-0.1, -0.05) is 39.5 Å². The van der Waals surface area contributed by atoms with Crippen molar-refractivity contribution in [3.8, 4) is 0 Å². The molecule has 1 aromatic heterocycles. The van der Waals surface area contributed by atoms with Crippen LogP contribution in [0.5, 0.6) is 0 Å². The molecule has 0 aromatic carbocycles. The Kier molecular flexibility index (Phi) is 5.35. The maximum Gasteiger partial charge on any atom is 0.0923 e. The van der Waals surface area contributed by atoms with Gasteiger partial charge in [-0.2, -0.15) is 0 Å². The van der Waals surface area contributed by atoms with E-state index in [4.69, 9.17) is 0 Å². The first-order valence-electron chi connectivity index (χ1n) is 5.84. The normalized spacial score (nSPS) is 13.0. The number of H-pyrrole nitrogens is 1. The first-order chi connectivity index (χ1) is 6.86. The summed E-state index contributed by atoms with van der Waals surface area (Å²) in [6, 6.07) is 0. The predicted octanol–water partition coefficient (Wildman–Crippen LogP) is 3.56. The van der Waals surface area contributed by atoms with Crippen LogP contribution in [0.25, 0.3) is 0 Å². The molecule has 0 aliphatic rings. The monoisotopic (exact) mass is 194 g/mol. The van der Waals surface area contributed by atoms with Crippen LogP contribution in [0.1, 0.15) is 51.6 Å². The molecule has 0 amide bonds. The molecule has 1 N–H and O–H groups in total. The van der Waals surface area contributed by atoms with Crippen LogP contribution in [0.15, 0.2) is 12.5 Å². The van der Waals surface area contributed by atoms with Gasteiger partial charge in [0.25, 0.3) is 0 Å². The van der Waals surface area contributed by atoms with Crippen LogP contribution in [-0.4, -0.2) is 9.97 Å². The Morgan fingerprint density at radius 3 is 2.79 bits per heavy atom. The molecule has 0 fully saturated rings. The lowest BCUT2D eigenvalue weighted by Gasteiger charge is -2.12. The summed E-state index contributed by atoms with van der Waals surface area (Å²) in [6.07, 6.45) is 11.6. The van der Waals surface area contributed by atoms with Crippen molar-refractivity contribution in [3.05, 3.63) is 18.2 Å². The fourth-order valence-electron chi connectivity index (χ4n) is 1.83. The number of aromatic nitrogens is 2. The van der Waals surface area contributed by atoms with Gasteiger partial charge < -0.3 is 4.98 Å². The van der Waals surface area contributed by atoms with Gasteiger partial charge in [-0.15, -0.1) is 0 Å². The van der Waals surface area contributed by atoms with E-state index in [1.165, 1.54) is 37.8 Å². The number of nitrogens with one attached hydrogen (secondary N) is 1. The highest BCUT2D eigenvalue weighted by Gasteiger charge is 2.06. The van der Waals surface area contributed by atoms with E-state index in [1.807, 2.05) is 6.20 Å². The van der Waals surface area contributed by atoms with E-state index >= 15 is 0 Å². The quantitative estimate of drug-likeness (QED) is 0.706. The lowest BCUT2D eigenvalue weighted by Crippen LogP contribution is -2.01. The van der Waals surface area contributed by atoms with Gasteiger partial charge in [0, 0.05) is 6.20 Å². The lowest BCUT2D eigenvalue weighted by atomic mass is 9.94. The molecule has 0 aliphatic heterocycles. The summed E-state index contributed by atoms with van der Waals surface area (Å²) in [6.45, 7) is 4.56. The Morgan fingerprint density at radius 2 is 2.21 bits per heavy atom. The smallest absolute Gasteiger partial charge is 0.0923 e. The molecule has 0 saturated heterocycles. The minimum atomic E-state index is 0.895. The third-order valence-electron chi connectivity index (χ3n) is 2.91. The van der Waals surface area contributed by atoms with E-state index in [0.717, 1.165) is 12.3 Å². The topological polar surface area (TPSA) is 28.7 Å². The largest absolute Gasteiger partial charge is 0.351 e. The third kappa shape index (κ3) is 3.95. The van der Waals surface area contributed by atoms with Gasteiger partial charge in [0.05, 0.1) is 12.0 Å². The molecule has 80 valence electrons. The second kappa shape index (κ2) is 6.63. The van der Waals surface area contributed by atoms with Crippen molar-refractivity contribution >= 4 is 0 Å². The van der Waals surface area contributed by atoms with Crippen LogP contribution in [0.2, 0.25) is 0 Å². The van der Waals surface area contributed by atoms with Crippen molar-refractivity contribution in [1.29, 1.82) is 0 Å². The van der Waals surface area contributed by atoms with E-state index in [2.05, 4.69) is 23.8 Å². The number of rotatable bonds is 7. The van der Waals surface area contributed by atoms with Crippen molar-refractivity contribution in [2.45, 2.75) is 52.4 Å². The van der Waals surface area contributed by atoms with Crippen LogP contribution < -0.4 is 0 Å². The highest BCUT2D eigenvalue weighted by molar-refractivity contribution is 4.94. The van der Waals surface area contributed by atoms with Gasteiger partial charge in [0.1, 0.15) is 0 Å². The number of aromatic amines is 1. The lowest BCUT2D eigenvalue weighted by molar-refractivity contribution is 0.420. The zero-order valence-electron chi connectivity index (χ0n) is 9.42. The van der Waals surface area contributed by atoms with Crippen LogP contribution in [0.3, 0.4) is 0 Å². The van der Waals surface area contributed by atoms with Gasteiger partial charge >= 0.3 is 0 Å². The number of aryl methyl sites for hydroxylation is 1. The first kappa shape index (κ1) is 11.3. The van der Waals surface area contributed by atoms with Crippen LogP contribution in [-0.2, 0) is 6.42 Å². The van der Waals surface area contributed by atoms with Gasteiger partial charge in [-0.3, -0.25) is 0 Å². The second-order valence-electron chi connectivity index (χ2n) is 4.02.